The highest BCUT2D eigenvalue weighted by atomic mass is 19.4. The molecule has 1 aliphatic heterocycles. The second kappa shape index (κ2) is 9.27. The van der Waals surface area contributed by atoms with Gasteiger partial charge in [0.05, 0.1) is 12.8 Å². The first-order valence-electron chi connectivity index (χ1n) is 9.60. The largest absolute Gasteiger partial charge is 0.491 e. The molecule has 31 heavy (non-hydrogen) atoms. The third-order valence-electron chi connectivity index (χ3n) is 5.49. The van der Waals surface area contributed by atoms with E-state index in [1.165, 1.54) is 6.42 Å². The molecule has 4 rings (SSSR count). The van der Waals surface area contributed by atoms with E-state index in [4.69, 9.17) is 14.6 Å². The summed E-state index contributed by atoms with van der Waals surface area (Å²) in [5, 5.41) is 7.12. The molecule has 0 radical (unpaired) electrons. The maximum Gasteiger partial charge on any atom is 0.490 e. The van der Waals surface area contributed by atoms with Crippen molar-refractivity contribution in [3.8, 4) is 5.75 Å². The van der Waals surface area contributed by atoms with E-state index in [2.05, 4.69) is 15.0 Å². The van der Waals surface area contributed by atoms with Crippen LogP contribution in [0, 0.1) is 11.3 Å². The van der Waals surface area contributed by atoms with Crippen LogP contribution in [0.3, 0.4) is 0 Å². The summed E-state index contributed by atoms with van der Waals surface area (Å²) in [5.74, 6) is -1.28. The summed E-state index contributed by atoms with van der Waals surface area (Å²) < 4.78 is 37.7. The van der Waals surface area contributed by atoms with Crippen LogP contribution >= 0.6 is 0 Å². The summed E-state index contributed by atoms with van der Waals surface area (Å²) in [4.78, 5) is 35.7. The summed E-state index contributed by atoms with van der Waals surface area (Å²) in [6.07, 6.45) is 5.05. The second-order valence-corrected chi connectivity index (χ2v) is 7.49. The number of carbonyl (C=O) groups is 2. The van der Waals surface area contributed by atoms with Crippen molar-refractivity contribution in [3.05, 3.63) is 48.8 Å². The number of rotatable bonds is 4. The van der Waals surface area contributed by atoms with Gasteiger partial charge in [-0.25, -0.2) is 14.8 Å². The number of carbonyl (C=O) groups excluding carboxylic acids is 1. The van der Waals surface area contributed by atoms with E-state index in [-0.39, 0.29) is 17.1 Å². The third-order valence-corrected chi connectivity index (χ3v) is 5.49. The fraction of sp³-hybridized carbons (Fsp3) is 0.450. The molecule has 2 atom stereocenters. The number of halogens is 3. The number of hydrogen-bond acceptors (Lipinski definition) is 6. The molecule has 0 aromatic carbocycles. The summed E-state index contributed by atoms with van der Waals surface area (Å²) in [7, 11) is 0. The first-order valence-corrected chi connectivity index (χ1v) is 9.60. The molecule has 1 aliphatic carbocycles. The Morgan fingerprint density at radius 1 is 1.23 bits per heavy atom. The minimum absolute atomic E-state index is 0.0419. The fourth-order valence-corrected chi connectivity index (χ4v) is 4.02. The lowest BCUT2D eigenvalue weighted by molar-refractivity contribution is -0.192. The van der Waals surface area contributed by atoms with Gasteiger partial charge in [0.2, 0.25) is 5.82 Å². The number of likely N-dealkylation sites (tertiary alicyclic amines) is 1. The first kappa shape index (κ1) is 22.4. The Morgan fingerprint density at radius 3 is 2.55 bits per heavy atom. The molecule has 1 saturated carbocycles. The zero-order chi connectivity index (χ0) is 22.5. The van der Waals surface area contributed by atoms with E-state index in [9.17, 15) is 18.0 Å². The number of ether oxygens (including phenoxy) is 1. The highest BCUT2D eigenvalue weighted by Gasteiger charge is 2.51. The molecule has 2 aliphatic rings. The molecule has 1 N–H and O–H groups in total. The fourth-order valence-electron chi connectivity index (χ4n) is 4.02. The number of aromatic nitrogens is 3. The van der Waals surface area contributed by atoms with E-state index in [0.717, 1.165) is 31.7 Å². The van der Waals surface area contributed by atoms with Crippen LogP contribution in [0.5, 0.6) is 5.75 Å². The lowest BCUT2D eigenvalue weighted by Gasteiger charge is -2.28. The second-order valence-electron chi connectivity index (χ2n) is 7.49. The molecule has 11 heteroatoms. The van der Waals surface area contributed by atoms with E-state index < -0.39 is 12.1 Å². The Labute approximate surface area is 176 Å². The Kier molecular flexibility index (Phi) is 6.71. The van der Waals surface area contributed by atoms with Crippen LogP contribution in [-0.4, -0.2) is 62.7 Å². The quantitative estimate of drug-likeness (QED) is 0.783. The molecule has 0 bridgehead atoms. The van der Waals surface area contributed by atoms with Gasteiger partial charge >= 0.3 is 12.1 Å². The maximum absolute atomic E-state index is 12.6. The van der Waals surface area contributed by atoms with Crippen LogP contribution in [0.1, 0.15) is 29.9 Å². The summed E-state index contributed by atoms with van der Waals surface area (Å²) in [6.45, 7) is 2.12. The standard InChI is InChI=1S/C18H20N4O2.C2HF3O2/c23-17(16-20-8-3-9-21-16)22-11-14-4-1-6-18(14,12-22)13-24-15-5-2-7-19-10-15;3-2(4,5)1(6)7/h2-3,5,7-10,14H,1,4,6,11-13H2;(H,6,7)/t14-,18+;/m1./s1. The Bertz CT molecular complexity index is 898. The van der Waals surface area contributed by atoms with E-state index >= 15 is 0 Å². The van der Waals surface area contributed by atoms with Crippen LogP contribution in [0.25, 0.3) is 0 Å². The van der Waals surface area contributed by atoms with Crippen molar-refractivity contribution in [1.29, 1.82) is 0 Å². The molecule has 8 nitrogen and oxygen atoms in total. The van der Waals surface area contributed by atoms with Crippen molar-refractivity contribution >= 4 is 11.9 Å². The van der Waals surface area contributed by atoms with Crippen molar-refractivity contribution < 1.29 is 32.6 Å². The highest BCUT2D eigenvalue weighted by Crippen LogP contribution is 2.49. The molecule has 3 heterocycles. The zero-order valence-corrected chi connectivity index (χ0v) is 16.5. The number of carboxylic acid groups (broad SMARTS) is 1. The monoisotopic (exact) mass is 438 g/mol. The predicted molar refractivity (Wildman–Crippen MR) is 101 cm³/mol. The smallest absolute Gasteiger partial charge is 0.490 e. The molecule has 2 aromatic rings. The van der Waals surface area contributed by atoms with Gasteiger partial charge in [0.25, 0.3) is 5.91 Å². The van der Waals surface area contributed by atoms with Crippen LogP contribution in [0.15, 0.2) is 43.0 Å². The number of amides is 1. The van der Waals surface area contributed by atoms with Crippen LogP contribution in [-0.2, 0) is 4.79 Å². The number of carboxylic acids is 1. The number of alkyl halides is 3. The molecule has 2 fully saturated rings. The van der Waals surface area contributed by atoms with Crippen molar-refractivity contribution in [2.45, 2.75) is 25.4 Å². The van der Waals surface area contributed by atoms with Crippen molar-refractivity contribution in [2.75, 3.05) is 19.7 Å². The normalized spacial score (nSPS) is 22.3. The summed E-state index contributed by atoms with van der Waals surface area (Å²) in [5.41, 5.74) is 0.0419. The number of nitrogens with zero attached hydrogens (tertiary/aromatic N) is 4. The van der Waals surface area contributed by atoms with Crippen molar-refractivity contribution in [1.82, 2.24) is 19.9 Å². The Morgan fingerprint density at radius 2 is 1.94 bits per heavy atom. The SMILES string of the molecule is O=C(O)C(F)(F)F.O=C(c1ncccn1)N1C[C@H]2CCC[C@@]2(COc2cccnc2)C1. The van der Waals surface area contributed by atoms with Gasteiger partial charge < -0.3 is 14.7 Å². The number of fused-ring (bicyclic) bond motifs is 1. The van der Waals surface area contributed by atoms with Gasteiger partial charge in [-0.3, -0.25) is 9.78 Å². The van der Waals surface area contributed by atoms with Gasteiger partial charge in [-0.05, 0) is 37.0 Å². The van der Waals surface area contributed by atoms with E-state index in [1.807, 2.05) is 17.0 Å². The molecule has 0 unspecified atom stereocenters. The van der Waals surface area contributed by atoms with Crippen LogP contribution in [0.4, 0.5) is 13.2 Å². The van der Waals surface area contributed by atoms with Gasteiger partial charge in [0.1, 0.15) is 5.75 Å². The van der Waals surface area contributed by atoms with Crippen molar-refractivity contribution in [3.63, 3.8) is 0 Å². The molecular formula is C20H21F3N4O4. The third kappa shape index (κ3) is 5.47. The van der Waals surface area contributed by atoms with Gasteiger partial charge in [-0.15, -0.1) is 0 Å². The first-order chi connectivity index (χ1) is 14.7. The van der Waals surface area contributed by atoms with Gasteiger partial charge in [0, 0.05) is 37.1 Å². The average molecular weight is 438 g/mol. The van der Waals surface area contributed by atoms with E-state index in [0.29, 0.717) is 12.5 Å². The highest BCUT2D eigenvalue weighted by molar-refractivity contribution is 5.90. The summed E-state index contributed by atoms with van der Waals surface area (Å²) >= 11 is 0. The van der Waals surface area contributed by atoms with Gasteiger partial charge in [0.15, 0.2) is 0 Å². The van der Waals surface area contributed by atoms with Crippen LogP contribution < -0.4 is 4.74 Å². The average Bonchev–Trinajstić information content (AvgIpc) is 3.30. The molecular weight excluding hydrogens is 417 g/mol. The minimum atomic E-state index is -5.08. The Balaban J connectivity index is 0.000000339. The van der Waals surface area contributed by atoms with Gasteiger partial charge in [-0.1, -0.05) is 6.42 Å². The molecule has 0 spiro atoms. The van der Waals surface area contributed by atoms with Crippen LogP contribution in [0.2, 0.25) is 0 Å². The number of pyridine rings is 1. The topological polar surface area (TPSA) is 106 Å². The van der Waals surface area contributed by atoms with Crippen molar-refractivity contribution in [2.24, 2.45) is 11.3 Å². The minimum Gasteiger partial charge on any atom is -0.491 e. The molecule has 166 valence electrons. The van der Waals surface area contributed by atoms with Gasteiger partial charge in [-0.2, -0.15) is 13.2 Å². The molecule has 1 amide bonds. The summed E-state index contributed by atoms with van der Waals surface area (Å²) in [6, 6.07) is 5.51. The predicted octanol–water partition coefficient (Wildman–Crippen LogP) is 2.83. The number of hydrogen-bond donors (Lipinski definition) is 1. The number of aliphatic carboxylic acids is 1. The molecule has 1 saturated heterocycles. The zero-order valence-electron chi connectivity index (χ0n) is 16.5. The Hall–Kier alpha value is -3.24. The lowest BCUT2D eigenvalue weighted by atomic mass is 9.81. The maximum atomic E-state index is 12.6. The molecule has 2 aromatic heterocycles. The van der Waals surface area contributed by atoms with E-state index in [1.54, 1.807) is 30.9 Å². The lowest BCUT2D eigenvalue weighted by Crippen LogP contribution is -2.36.